The van der Waals surface area contributed by atoms with Gasteiger partial charge in [-0.2, -0.15) is 5.26 Å². The average Bonchev–Trinajstić information content (AvgIpc) is 3.17. The third-order valence-corrected chi connectivity index (χ3v) is 4.99. The van der Waals surface area contributed by atoms with Crippen LogP contribution in [-0.2, 0) is 14.1 Å². The largest absolute Gasteiger partial charge is 0.385 e. The van der Waals surface area contributed by atoms with Crippen LogP contribution in [0.4, 0.5) is 17.2 Å². The van der Waals surface area contributed by atoms with Crippen molar-refractivity contribution in [1.82, 2.24) is 9.13 Å². The summed E-state index contributed by atoms with van der Waals surface area (Å²) in [5.41, 5.74) is 0.564. The summed E-state index contributed by atoms with van der Waals surface area (Å²) in [5, 5.41) is 15.8. The fourth-order valence-corrected chi connectivity index (χ4v) is 3.38. The summed E-state index contributed by atoms with van der Waals surface area (Å²) in [6.45, 7) is 0.981. The molecule has 2 N–H and O–H groups in total. The molecule has 0 spiro atoms. The zero-order valence-electron chi connectivity index (χ0n) is 15.1. The Morgan fingerprint density at radius 3 is 2.31 bits per heavy atom. The van der Waals surface area contributed by atoms with E-state index in [4.69, 9.17) is 0 Å². The van der Waals surface area contributed by atoms with Gasteiger partial charge in [0.1, 0.15) is 11.9 Å². The Balaban J connectivity index is 1.78. The third kappa shape index (κ3) is 3.49. The number of nitrogens with one attached hydrogen (secondary N) is 2. The van der Waals surface area contributed by atoms with Gasteiger partial charge in [0.2, 0.25) is 0 Å². The fraction of sp³-hybridized carbons (Fsp3) is 0.421. The van der Waals surface area contributed by atoms with Gasteiger partial charge in [-0.05, 0) is 43.0 Å². The van der Waals surface area contributed by atoms with Crippen molar-refractivity contribution in [2.45, 2.75) is 25.7 Å². The molecule has 0 amide bonds. The number of nitriles is 1. The first-order valence-corrected chi connectivity index (χ1v) is 8.82. The average molecular weight is 353 g/mol. The van der Waals surface area contributed by atoms with Crippen molar-refractivity contribution in [1.29, 1.82) is 5.26 Å². The molecule has 1 aromatic carbocycles. The molecule has 0 aliphatic heterocycles. The smallest absolute Gasteiger partial charge is 0.332 e. The zero-order chi connectivity index (χ0) is 18.7. The van der Waals surface area contributed by atoms with Crippen LogP contribution in [0, 0.1) is 17.2 Å². The van der Waals surface area contributed by atoms with Gasteiger partial charge in [-0.1, -0.05) is 12.8 Å². The standard InChI is InChI=1S/C19H23N5O2/c1-23-17(16(11-20)18(25)24(2)19(23)26)22-15-9-7-14(8-10-15)21-12-13-5-3-4-6-13/h7-10,13,21-22H,3-6,12H2,1-2H3. The van der Waals surface area contributed by atoms with Crippen LogP contribution < -0.4 is 21.9 Å². The van der Waals surface area contributed by atoms with Crippen LogP contribution >= 0.6 is 0 Å². The predicted molar refractivity (Wildman–Crippen MR) is 102 cm³/mol. The molecule has 0 atom stereocenters. The van der Waals surface area contributed by atoms with Gasteiger partial charge in [-0.3, -0.25) is 13.9 Å². The quantitative estimate of drug-likeness (QED) is 0.860. The van der Waals surface area contributed by atoms with Gasteiger partial charge in [-0.15, -0.1) is 0 Å². The maximum atomic E-state index is 12.1. The molecular formula is C19H23N5O2. The molecule has 1 fully saturated rings. The van der Waals surface area contributed by atoms with E-state index >= 15 is 0 Å². The Morgan fingerprint density at radius 2 is 1.69 bits per heavy atom. The van der Waals surface area contributed by atoms with Crippen molar-refractivity contribution in [2.24, 2.45) is 20.0 Å². The molecule has 0 unspecified atom stereocenters. The van der Waals surface area contributed by atoms with E-state index in [0.717, 1.165) is 22.7 Å². The zero-order valence-corrected chi connectivity index (χ0v) is 15.1. The van der Waals surface area contributed by atoms with Crippen LogP contribution in [0.1, 0.15) is 31.2 Å². The van der Waals surface area contributed by atoms with Gasteiger partial charge in [0.15, 0.2) is 5.56 Å². The van der Waals surface area contributed by atoms with E-state index in [1.807, 2.05) is 30.3 Å². The molecule has 1 aromatic heterocycles. The number of rotatable bonds is 5. The lowest BCUT2D eigenvalue weighted by Gasteiger charge is -2.15. The molecular weight excluding hydrogens is 330 g/mol. The van der Waals surface area contributed by atoms with Gasteiger partial charge in [0.25, 0.3) is 5.56 Å². The molecule has 1 heterocycles. The maximum absolute atomic E-state index is 12.1. The lowest BCUT2D eigenvalue weighted by Crippen LogP contribution is -2.39. The highest BCUT2D eigenvalue weighted by molar-refractivity contribution is 5.64. The van der Waals surface area contributed by atoms with E-state index in [2.05, 4.69) is 10.6 Å². The van der Waals surface area contributed by atoms with Crippen LogP contribution in [0.15, 0.2) is 33.9 Å². The Bertz CT molecular complexity index is 944. The molecule has 26 heavy (non-hydrogen) atoms. The van der Waals surface area contributed by atoms with Crippen molar-refractivity contribution < 1.29 is 0 Å². The molecule has 3 rings (SSSR count). The second-order valence-corrected chi connectivity index (χ2v) is 6.77. The molecule has 136 valence electrons. The topological polar surface area (TPSA) is 91.8 Å². The first-order chi connectivity index (χ1) is 12.5. The first kappa shape index (κ1) is 17.8. The van der Waals surface area contributed by atoms with Crippen LogP contribution in [0.2, 0.25) is 0 Å². The van der Waals surface area contributed by atoms with Crippen molar-refractivity contribution >= 4 is 17.2 Å². The molecule has 1 saturated carbocycles. The van der Waals surface area contributed by atoms with Gasteiger partial charge in [-0.25, -0.2) is 4.79 Å². The van der Waals surface area contributed by atoms with Crippen molar-refractivity contribution in [3.05, 3.63) is 50.7 Å². The molecule has 2 aromatic rings. The summed E-state index contributed by atoms with van der Waals surface area (Å²) in [5.74, 6) is 0.952. The number of benzene rings is 1. The molecule has 7 heteroatoms. The van der Waals surface area contributed by atoms with E-state index in [0.29, 0.717) is 5.69 Å². The Labute approximate surface area is 151 Å². The van der Waals surface area contributed by atoms with Gasteiger partial charge in [0, 0.05) is 32.0 Å². The minimum absolute atomic E-state index is 0.0852. The highest BCUT2D eigenvalue weighted by atomic mass is 16.2. The number of anilines is 3. The summed E-state index contributed by atoms with van der Waals surface area (Å²) >= 11 is 0. The molecule has 0 saturated heterocycles. The molecule has 1 aliphatic rings. The summed E-state index contributed by atoms with van der Waals surface area (Å²) in [4.78, 5) is 24.2. The highest BCUT2D eigenvalue weighted by Crippen LogP contribution is 2.25. The van der Waals surface area contributed by atoms with Crippen molar-refractivity contribution in [3.63, 3.8) is 0 Å². The maximum Gasteiger partial charge on any atom is 0.332 e. The number of hydrogen-bond donors (Lipinski definition) is 2. The normalized spacial score (nSPS) is 14.2. The summed E-state index contributed by atoms with van der Waals surface area (Å²) < 4.78 is 2.20. The molecule has 7 nitrogen and oxygen atoms in total. The van der Waals surface area contributed by atoms with E-state index in [9.17, 15) is 14.9 Å². The van der Waals surface area contributed by atoms with Gasteiger partial charge >= 0.3 is 5.69 Å². The summed E-state index contributed by atoms with van der Waals surface area (Å²) in [7, 11) is 2.89. The first-order valence-electron chi connectivity index (χ1n) is 8.82. The van der Waals surface area contributed by atoms with Crippen LogP contribution in [-0.4, -0.2) is 15.7 Å². The van der Waals surface area contributed by atoms with Crippen molar-refractivity contribution in [3.8, 4) is 6.07 Å². The van der Waals surface area contributed by atoms with Gasteiger partial charge in [0.05, 0.1) is 0 Å². The predicted octanol–water partition coefficient (Wildman–Crippen LogP) is 2.30. The SMILES string of the molecule is Cn1c(Nc2ccc(NCC3CCCC3)cc2)c(C#N)c(=O)n(C)c1=O. The van der Waals surface area contributed by atoms with Gasteiger partial charge < -0.3 is 10.6 Å². The second kappa shape index (κ2) is 7.48. The highest BCUT2D eigenvalue weighted by Gasteiger charge is 2.16. The third-order valence-electron chi connectivity index (χ3n) is 4.99. The van der Waals surface area contributed by atoms with E-state index in [1.165, 1.54) is 44.3 Å². The lowest BCUT2D eigenvalue weighted by atomic mass is 10.1. The van der Waals surface area contributed by atoms with E-state index in [1.54, 1.807) is 0 Å². The summed E-state index contributed by atoms with van der Waals surface area (Å²) in [6.07, 6.45) is 5.23. The van der Waals surface area contributed by atoms with E-state index in [-0.39, 0.29) is 11.4 Å². The minimum Gasteiger partial charge on any atom is -0.385 e. The molecule has 0 radical (unpaired) electrons. The summed E-state index contributed by atoms with van der Waals surface area (Å²) in [6, 6.07) is 9.50. The fourth-order valence-electron chi connectivity index (χ4n) is 3.38. The minimum atomic E-state index is -0.604. The van der Waals surface area contributed by atoms with Crippen LogP contribution in [0.5, 0.6) is 0 Å². The molecule has 1 aliphatic carbocycles. The Morgan fingerprint density at radius 1 is 1.08 bits per heavy atom. The lowest BCUT2D eigenvalue weighted by molar-refractivity contribution is 0.580. The van der Waals surface area contributed by atoms with E-state index < -0.39 is 11.2 Å². The van der Waals surface area contributed by atoms with Crippen LogP contribution in [0.25, 0.3) is 0 Å². The monoisotopic (exact) mass is 353 g/mol. The number of aromatic nitrogens is 2. The Hall–Kier alpha value is -3.01. The number of nitrogens with zero attached hydrogens (tertiary/aromatic N) is 3. The second-order valence-electron chi connectivity index (χ2n) is 6.77. The van der Waals surface area contributed by atoms with Crippen molar-refractivity contribution in [2.75, 3.05) is 17.2 Å². The molecule has 0 bridgehead atoms. The van der Waals surface area contributed by atoms with Crippen LogP contribution in [0.3, 0.4) is 0 Å². The Kier molecular flexibility index (Phi) is 5.12. The number of hydrogen-bond acceptors (Lipinski definition) is 5.